The van der Waals surface area contributed by atoms with Gasteiger partial charge in [-0.2, -0.15) is 0 Å². The van der Waals surface area contributed by atoms with E-state index in [1.165, 1.54) is 16.7 Å². The topological polar surface area (TPSA) is 256 Å². The predicted molar refractivity (Wildman–Crippen MR) is 216 cm³/mol. The molecule has 18 heteroatoms. The smallest absolute Gasteiger partial charge is 0.287 e. The molecule has 5 rings (SSSR count). The Morgan fingerprint density at radius 2 is 1.44 bits per heavy atom. The molecular weight excluding hydrogens is 781 g/mol. The molecule has 0 bridgehead atoms. The summed E-state index contributed by atoms with van der Waals surface area (Å²) < 4.78 is 0. The summed E-state index contributed by atoms with van der Waals surface area (Å²) >= 11 is 1.23. The second kappa shape index (κ2) is 20.0. The van der Waals surface area contributed by atoms with E-state index in [0.717, 1.165) is 69.1 Å². The normalized spacial score (nSPS) is 21.1. The second-order valence-corrected chi connectivity index (χ2v) is 18.8. The van der Waals surface area contributed by atoms with Crippen molar-refractivity contribution in [2.45, 2.75) is 160 Å². The standard InChI is InChI=1S/C41H60N8O9S/c1-22-43-28(21-59-22)36(54)45-27(17-18-30(51)38(56)44-25-15-16-25)35(53)48-33(41(2,3)4)40(58)49-20-26(50)19-29(49)37(55)47-32(24-13-9-6-10-14-24)39(57)46-31(34(42)52)23-11-7-5-8-12-23/h21,23-25,27,29,31-33H,5-20H2,1-4H3,(H2,42,52)(H,44,56)(H,45,54)(H,46,57)(H,47,55)(H,48,53)/t27?,29-,31-,32-,33+/m0/s1. The van der Waals surface area contributed by atoms with E-state index in [1.54, 1.807) is 27.7 Å². The van der Waals surface area contributed by atoms with Gasteiger partial charge >= 0.3 is 0 Å². The van der Waals surface area contributed by atoms with Crippen LogP contribution < -0.4 is 32.3 Å². The predicted octanol–water partition coefficient (Wildman–Crippen LogP) is 1.49. The van der Waals surface area contributed by atoms with Crippen molar-refractivity contribution >= 4 is 64.3 Å². The molecule has 3 aliphatic carbocycles. The number of nitrogens with zero attached hydrogens (tertiary/aromatic N) is 2. The highest BCUT2D eigenvalue weighted by Crippen LogP contribution is 2.30. The minimum absolute atomic E-state index is 0.0512. The number of thiazole rings is 1. The minimum Gasteiger partial charge on any atom is -0.368 e. The Morgan fingerprint density at radius 3 is 1.98 bits per heavy atom. The van der Waals surface area contributed by atoms with Crippen molar-refractivity contribution in [2.24, 2.45) is 23.0 Å². The molecule has 1 saturated heterocycles. The number of carbonyl (C=O) groups is 9. The molecule has 7 N–H and O–H groups in total. The van der Waals surface area contributed by atoms with Crippen LogP contribution in [0.15, 0.2) is 5.38 Å². The number of amides is 7. The van der Waals surface area contributed by atoms with Gasteiger partial charge < -0.3 is 37.2 Å². The number of hydrogen-bond donors (Lipinski definition) is 6. The number of likely N-dealkylation sites (tertiary alicyclic amines) is 1. The fourth-order valence-corrected chi connectivity index (χ4v) is 8.90. The fourth-order valence-electron chi connectivity index (χ4n) is 8.31. The Bertz CT molecular complexity index is 1780. The highest BCUT2D eigenvalue weighted by atomic mass is 32.1. The summed E-state index contributed by atoms with van der Waals surface area (Å²) in [6.45, 7) is 6.35. The molecule has 3 saturated carbocycles. The van der Waals surface area contributed by atoms with Crippen LogP contribution in [-0.4, -0.2) is 106 Å². The number of carbonyl (C=O) groups excluding carboxylic acids is 9. The maximum Gasteiger partial charge on any atom is 0.287 e. The van der Waals surface area contributed by atoms with Gasteiger partial charge in [0.1, 0.15) is 35.9 Å². The van der Waals surface area contributed by atoms with Gasteiger partial charge in [0.25, 0.3) is 11.8 Å². The van der Waals surface area contributed by atoms with E-state index in [4.69, 9.17) is 5.73 Å². The molecule has 7 amide bonds. The summed E-state index contributed by atoms with van der Waals surface area (Å²) in [4.78, 5) is 126. The Hall–Kier alpha value is -4.74. The number of primary amides is 1. The third-order valence-electron chi connectivity index (χ3n) is 11.9. The van der Waals surface area contributed by atoms with Gasteiger partial charge in [-0.25, -0.2) is 4.98 Å². The zero-order chi connectivity index (χ0) is 43.0. The van der Waals surface area contributed by atoms with Crippen molar-refractivity contribution < 1.29 is 43.2 Å². The second-order valence-electron chi connectivity index (χ2n) is 17.7. The van der Waals surface area contributed by atoms with Crippen LogP contribution in [0.1, 0.15) is 133 Å². The van der Waals surface area contributed by atoms with Gasteiger partial charge in [-0.3, -0.25) is 43.2 Å². The SMILES string of the molecule is Cc1nc(C(=O)NC(CCC(=O)C(=O)NC2CC2)C(=O)N[C@H](C(=O)N2CC(=O)C[C@H]2C(=O)N[C@H](C(=O)N[C@H](C(N)=O)C2CCCCC2)C2CCCCC2)C(C)(C)C)cs1. The third-order valence-corrected chi connectivity index (χ3v) is 12.6. The zero-order valence-corrected chi connectivity index (χ0v) is 35.4. The molecule has 0 spiro atoms. The number of aryl methyl sites for hydroxylation is 1. The largest absolute Gasteiger partial charge is 0.368 e. The molecule has 0 aromatic carbocycles. The van der Waals surface area contributed by atoms with Crippen molar-refractivity contribution in [1.29, 1.82) is 0 Å². The molecule has 0 radical (unpaired) electrons. The molecule has 4 aliphatic rings. The number of aromatic nitrogens is 1. The van der Waals surface area contributed by atoms with Crippen LogP contribution in [0.3, 0.4) is 0 Å². The lowest BCUT2D eigenvalue weighted by atomic mass is 9.81. The number of rotatable bonds is 17. The van der Waals surface area contributed by atoms with Crippen LogP contribution in [0.2, 0.25) is 0 Å². The average Bonchev–Trinajstić information content (AvgIpc) is 3.76. The van der Waals surface area contributed by atoms with E-state index < -0.39 is 95.1 Å². The molecule has 1 aromatic heterocycles. The summed E-state index contributed by atoms with van der Waals surface area (Å²) in [7, 11) is 0. The lowest BCUT2D eigenvalue weighted by Crippen LogP contribution is -2.62. The summed E-state index contributed by atoms with van der Waals surface area (Å²) in [5, 5.41) is 15.8. The maximum atomic E-state index is 14.5. The molecule has 1 aromatic rings. The number of nitrogens with two attached hydrogens (primary N) is 1. The molecule has 59 heavy (non-hydrogen) atoms. The minimum atomic E-state index is -1.37. The summed E-state index contributed by atoms with van der Waals surface area (Å²) in [5.41, 5.74) is 4.84. The number of nitrogens with one attached hydrogen (secondary N) is 5. The summed E-state index contributed by atoms with van der Waals surface area (Å²) in [6, 6.07) is -5.99. The van der Waals surface area contributed by atoms with Crippen LogP contribution in [0.5, 0.6) is 0 Å². The first kappa shape index (κ1) is 45.3. The van der Waals surface area contributed by atoms with Gasteiger partial charge in [0.15, 0.2) is 5.78 Å². The van der Waals surface area contributed by atoms with Crippen LogP contribution in [0, 0.1) is 24.2 Å². The van der Waals surface area contributed by atoms with Crippen molar-refractivity contribution in [2.75, 3.05) is 6.54 Å². The molecule has 5 atom stereocenters. The highest BCUT2D eigenvalue weighted by molar-refractivity contribution is 7.09. The van der Waals surface area contributed by atoms with E-state index >= 15 is 0 Å². The van der Waals surface area contributed by atoms with E-state index in [1.807, 2.05) is 0 Å². The van der Waals surface area contributed by atoms with Crippen molar-refractivity contribution in [1.82, 2.24) is 36.5 Å². The van der Waals surface area contributed by atoms with Crippen LogP contribution >= 0.6 is 11.3 Å². The van der Waals surface area contributed by atoms with Crippen LogP contribution in [0.4, 0.5) is 0 Å². The van der Waals surface area contributed by atoms with E-state index in [2.05, 4.69) is 31.6 Å². The number of hydrogen-bond acceptors (Lipinski definition) is 11. The Morgan fingerprint density at radius 1 is 0.831 bits per heavy atom. The molecule has 324 valence electrons. The van der Waals surface area contributed by atoms with Crippen molar-refractivity contribution in [3.05, 3.63) is 16.1 Å². The summed E-state index contributed by atoms with van der Waals surface area (Å²) in [6.07, 6.45) is 8.94. The maximum absolute atomic E-state index is 14.5. The lowest BCUT2D eigenvalue weighted by molar-refractivity contribution is -0.145. The molecule has 4 fully saturated rings. The lowest BCUT2D eigenvalue weighted by Gasteiger charge is -2.37. The van der Waals surface area contributed by atoms with Gasteiger partial charge in [-0.05, 0) is 69.1 Å². The van der Waals surface area contributed by atoms with Crippen LogP contribution in [-0.2, 0) is 38.4 Å². The number of Topliss-reactive ketones (excluding diaryl/α,β-unsaturated/α-hetero) is 2. The van der Waals surface area contributed by atoms with Gasteiger partial charge in [0, 0.05) is 24.3 Å². The van der Waals surface area contributed by atoms with Crippen LogP contribution in [0.25, 0.3) is 0 Å². The molecule has 1 aliphatic heterocycles. The Labute approximate surface area is 348 Å². The van der Waals surface area contributed by atoms with E-state index in [-0.39, 0.29) is 42.8 Å². The van der Waals surface area contributed by atoms with Gasteiger partial charge in [0.05, 0.1) is 11.6 Å². The van der Waals surface area contributed by atoms with Gasteiger partial charge in [-0.1, -0.05) is 59.3 Å². The Balaban J connectivity index is 1.33. The molecular formula is C41H60N8O9S. The third kappa shape index (κ3) is 12.4. The first-order valence-corrected chi connectivity index (χ1v) is 21.9. The molecule has 2 heterocycles. The Kier molecular flexibility index (Phi) is 15.4. The summed E-state index contributed by atoms with van der Waals surface area (Å²) in [5.74, 6) is -6.44. The van der Waals surface area contributed by atoms with Crippen molar-refractivity contribution in [3.8, 4) is 0 Å². The highest BCUT2D eigenvalue weighted by Gasteiger charge is 2.46. The molecule has 17 nitrogen and oxygen atoms in total. The average molecular weight is 841 g/mol. The van der Waals surface area contributed by atoms with Crippen molar-refractivity contribution in [3.63, 3.8) is 0 Å². The van der Waals surface area contributed by atoms with E-state index in [0.29, 0.717) is 17.8 Å². The van der Waals surface area contributed by atoms with Gasteiger partial charge in [0.2, 0.25) is 35.3 Å². The van der Waals surface area contributed by atoms with E-state index in [9.17, 15) is 43.2 Å². The first-order chi connectivity index (χ1) is 27.9. The first-order valence-electron chi connectivity index (χ1n) is 21.0. The quantitative estimate of drug-likeness (QED) is 0.123. The van der Waals surface area contributed by atoms with Gasteiger partial charge in [-0.15, -0.1) is 11.3 Å². The zero-order valence-electron chi connectivity index (χ0n) is 34.6. The fraction of sp³-hybridized carbons (Fsp3) is 0.707. The monoisotopic (exact) mass is 840 g/mol. The number of ketones is 2. The molecule has 1 unspecified atom stereocenters.